The van der Waals surface area contributed by atoms with Gasteiger partial charge in [-0.1, -0.05) is 11.2 Å². The van der Waals surface area contributed by atoms with Crippen molar-refractivity contribution < 1.29 is 12.9 Å². The highest BCUT2D eigenvalue weighted by Crippen LogP contribution is 2.30. The van der Waals surface area contributed by atoms with Crippen molar-refractivity contribution in [3.63, 3.8) is 0 Å². The van der Waals surface area contributed by atoms with Gasteiger partial charge in [-0.2, -0.15) is 0 Å². The van der Waals surface area contributed by atoms with Gasteiger partial charge in [0.05, 0.1) is 6.54 Å². The second-order valence-corrected chi connectivity index (χ2v) is 4.99. The number of sulfonamides is 1. The first-order valence-electron chi connectivity index (χ1n) is 4.17. The van der Waals surface area contributed by atoms with E-state index in [0.29, 0.717) is 0 Å². The van der Waals surface area contributed by atoms with Crippen molar-refractivity contribution in [2.75, 3.05) is 6.54 Å². The van der Waals surface area contributed by atoms with E-state index in [-0.39, 0.29) is 12.2 Å². The van der Waals surface area contributed by atoms with Crippen LogP contribution in [0.4, 0.5) is 0 Å². The summed E-state index contributed by atoms with van der Waals surface area (Å²) in [5.74, 6) is 0. The van der Waals surface area contributed by atoms with Crippen LogP contribution < -0.4 is 5.14 Å². The molecule has 15 heavy (non-hydrogen) atoms. The Kier molecular flexibility index (Phi) is 2.20. The van der Waals surface area contributed by atoms with Crippen LogP contribution in [-0.2, 0) is 14.8 Å². The molecule has 2 heterocycles. The summed E-state index contributed by atoms with van der Waals surface area (Å²) in [7, 11) is -3.83. The molecule has 2 rings (SSSR count). The minimum absolute atomic E-state index is 0.0227. The summed E-state index contributed by atoms with van der Waals surface area (Å²) < 4.78 is 26.4. The molecule has 1 aliphatic rings. The maximum Gasteiger partial charge on any atom is 0.226 e. The van der Waals surface area contributed by atoms with Gasteiger partial charge in [0.15, 0.2) is 4.75 Å². The minimum atomic E-state index is -3.83. The van der Waals surface area contributed by atoms with Gasteiger partial charge in [-0.3, -0.25) is 4.99 Å². The van der Waals surface area contributed by atoms with Crippen molar-refractivity contribution in [2.24, 2.45) is 10.1 Å². The largest absolute Gasteiger partial charge is 0.364 e. The maximum atomic E-state index is 11.6. The van der Waals surface area contributed by atoms with Gasteiger partial charge < -0.3 is 4.52 Å². The zero-order valence-electron chi connectivity index (χ0n) is 7.70. The van der Waals surface area contributed by atoms with Crippen molar-refractivity contribution in [3.05, 3.63) is 30.2 Å². The summed E-state index contributed by atoms with van der Waals surface area (Å²) >= 11 is 0. The summed E-state index contributed by atoms with van der Waals surface area (Å²) in [5.41, 5.74) is 0.248. The van der Waals surface area contributed by atoms with Gasteiger partial charge in [-0.15, -0.1) is 0 Å². The van der Waals surface area contributed by atoms with E-state index in [1.807, 2.05) is 0 Å². The van der Waals surface area contributed by atoms with E-state index in [0.717, 1.165) is 0 Å². The first kappa shape index (κ1) is 10.1. The fraction of sp³-hybridized carbons (Fsp3) is 0.250. The third-order valence-electron chi connectivity index (χ3n) is 2.26. The Morgan fingerprint density at radius 2 is 2.33 bits per heavy atom. The van der Waals surface area contributed by atoms with Gasteiger partial charge in [-0.25, -0.2) is 13.6 Å². The molecular formula is C8H9N3O3S. The fourth-order valence-electron chi connectivity index (χ4n) is 1.43. The third-order valence-corrected chi connectivity index (χ3v) is 3.75. The molecule has 0 bridgehead atoms. The van der Waals surface area contributed by atoms with Crippen LogP contribution in [0.5, 0.6) is 0 Å². The average molecular weight is 227 g/mol. The molecule has 0 spiro atoms. The van der Waals surface area contributed by atoms with E-state index in [9.17, 15) is 8.42 Å². The third kappa shape index (κ3) is 1.49. The summed E-state index contributed by atoms with van der Waals surface area (Å²) in [6, 6.07) is 1.47. The lowest BCUT2D eigenvalue weighted by Crippen LogP contribution is -2.43. The maximum absolute atomic E-state index is 11.6. The molecule has 6 nitrogen and oxygen atoms in total. The predicted octanol–water partition coefficient (Wildman–Crippen LogP) is -0.201. The Morgan fingerprint density at radius 3 is 2.80 bits per heavy atom. The zero-order chi connectivity index (χ0) is 10.9. The van der Waals surface area contributed by atoms with Gasteiger partial charge in [0.25, 0.3) is 0 Å². The highest BCUT2D eigenvalue weighted by atomic mass is 32.2. The minimum Gasteiger partial charge on any atom is -0.364 e. The summed E-state index contributed by atoms with van der Waals surface area (Å²) in [6.45, 7) is 0.0227. The lowest BCUT2D eigenvalue weighted by Gasteiger charge is -2.25. The van der Waals surface area contributed by atoms with Crippen molar-refractivity contribution in [1.82, 2.24) is 5.16 Å². The highest BCUT2D eigenvalue weighted by molar-refractivity contribution is 7.90. The van der Waals surface area contributed by atoms with E-state index in [2.05, 4.69) is 14.7 Å². The molecule has 1 aliphatic heterocycles. The number of nitrogens with zero attached hydrogens (tertiary/aromatic N) is 2. The molecule has 2 N–H and O–H groups in total. The Bertz CT molecular complexity index is 503. The first-order valence-corrected chi connectivity index (χ1v) is 5.72. The Balaban J connectivity index is 2.60. The molecule has 1 aromatic rings. The Hall–Kier alpha value is -1.47. The molecule has 0 saturated heterocycles. The van der Waals surface area contributed by atoms with E-state index in [4.69, 9.17) is 5.14 Å². The molecule has 0 radical (unpaired) electrons. The van der Waals surface area contributed by atoms with Crippen LogP contribution in [0.1, 0.15) is 5.69 Å². The molecule has 0 fully saturated rings. The van der Waals surface area contributed by atoms with Crippen molar-refractivity contribution in [3.8, 4) is 0 Å². The predicted molar refractivity (Wildman–Crippen MR) is 53.8 cm³/mol. The van der Waals surface area contributed by atoms with Crippen LogP contribution in [0.3, 0.4) is 0 Å². The topological polar surface area (TPSA) is 98.6 Å². The summed E-state index contributed by atoms with van der Waals surface area (Å²) in [5, 5.41) is 8.82. The first-order chi connectivity index (χ1) is 7.06. The average Bonchev–Trinajstić information content (AvgIpc) is 2.70. The quantitative estimate of drug-likeness (QED) is 0.756. The number of aliphatic imine (C=N–C) groups is 1. The van der Waals surface area contributed by atoms with Gasteiger partial charge >= 0.3 is 0 Å². The molecule has 0 saturated carbocycles. The van der Waals surface area contributed by atoms with Gasteiger partial charge in [0.2, 0.25) is 10.0 Å². The molecule has 0 amide bonds. The molecule has 1 aromatic heterocycles. The van der Waals surface area contributed by atoms with Crippen LogP contribution in [0.25, 0.3) is 0 Å². The van der Waals surface area contributed by atoms with Crippen LogP contribution in [0.2, 0.25) is 0 Å². The SMILES string of the molecule is NS(=O)(=O)C1(c2ccon2)C=CC=NC1. The van der Waals surface area contributed by atoms with E-state index in [1.54, 1.807) is 0 Å². The lowest BCUT2D eigenvalue weighted by atomic mass is 10.0. The number of allylic oxidation sites excluding steroid dienone is 1. The normalized spacial score (nSPS) is 25.7. The molecule has 7 heteroatoms. The number of primary sulfonamides is 1. The molecule has 1 atom stereocenters. The van der Waals surface area contributed by atoms with Crippen molar-refractivity contribution >= 4 is 16.2 Å². The molecular weight excluding hydrogens is 218 g/mol. The lowest BCUT2D eigenvalue weighted by molar-refractivity contribution is 0.404. The second-order valence-electron chi connectivity index (χ2n) is 3.17. The fourth-order valence-corrected chi connectivity index (χ4v) is 2.35. The Morgan fingerprint density at radius 1 is 1.53 bits per heavy atom. The zero-order valence-corrected chi connectivity index (χ0v) is 8.52. The van der Waals surface area contributed by atoms with Crippen LogP contribution >= 0.6 is 0 Å². The standard InChI is InChI=1S/C8H9N3O3S/c9-15(12,13)8(3-1-4-10-6-8)7-2-5-14-11-7/h1-5H,6H2,(H2,9,12,13). The van der Waals surface area contributed by atoms with Crippen molar-refractivity contribution in [1.29, 1.82) is 0 Å². The summed E-state index contributed by atoms with van der Waals surface area (Å²) in [6.07, 6.45) is 5.81. The van der Waals surface area contributed by atoms with Crippen LogP contribution in [0.15, 0.2) is 34.0 Å². The highest BCUT2D eigenvalue weighted by Gasteiger charge is 2.44. The van der Waals surface area contributed by atoms with Gasteiger partial charge in [0.1, 0.15) is 12.0 Å². The van der Waals surface area contributed by atoms with E-state index >= 15 is 0 Å². The summed E-state index contributed by atoms with van der Waals surface area (Å²) in [4.78, 5) is 3.90. The number of dihydropyridines is 1. The number of hydrogen-bond acceptors (Lipinski definition) is 5. The number of rotatable bonds is 2. The molecule has 1 unspecified atom stereocenters. The smallest absolute Gasteiger partial charge is 0.226 e. The number of hydrogen-bond donors (Lipinski definition) is 1. The van der Waals surface area contributed by atoms with Crippen LogP contribution in [0, 0.1) is 0 Å². The van der Waals surface area contributed by atoms with E-state index in [1.165, 1.54) is 30.7 Å². The number of nitrogens with two attached hydrogens (primary N) is 1. The monoisotopic (exact) mass is 227 g/mol. The van der Waals surface area contributed by atoms with Gasteiger partial charge in [0, 0.05) is 12.3 Å². The van der Waals surface area contributed by atoms with Crippen LogP contribution in [-0.4, -0.2) is 26.3 Å². The Labute approximate surface area is 86.5 Å². The molecule has 0 aliphatic carbocycles. The second kappa shape index (κ2) is 3.28. The van der Waals surface area contributed by atoms with Crippen molar-refractivity contribution in [2.45, 2.75) is 4.75 Å². The molecule has 80 valence electrons. The number of aromatic nitrogens is 1. The van der Waals surface area contributed by atoms with E-state index < -0.39 is 14.8 Å². The molecule has 0 aromatic carbocycles. The van der Waals surface area contributed by atoms with Gasteiger partial charge in [-0.05, 0) is 6.08 Å².